The summed E-state index contributed by atoms with van der Waals surface area (Å²) in [6.07, 6.45) is -4.36. The number of rotatable bonds is 5. The van der Waals surface area contributed by atoms with Gasteiger partial charge in [-0.2, -0.15) is 13.2 Å². The second kappa shape index (κ2) is 7.17. The quantitative estimate of drug-likeness (QED) is 0.891. The van der Waals surface area contributed by atoms with Crippen molar-refractivity contribution >= 4 is 11.6 Å². The molecule has 0 aromatic heterocycles. The molecule has 2 aromatic rings. The van der Waals surface area contributed by atoms with E-state index in [1.54, 1.807) is 24.3 Å². The van der Waals surface area contributed by atoms with Crippen LogP contribution in [0.2, 0.25) is 0 Å². The van der Waals surface area contributed by atoms with E-state index in [0.29, 0.717) is 12.4 Å². The predicted octanol–water partition coefficient (Wildman–Crippen LogP) is 4.29. The smallest absolute Gasteiger partial charge is 0.416 e. The molecule has 0 aliphatic heterocycles. The number of hydrogen-bond donors (Lipinski definition) is 1. The average Bonchev–Trinajstić information content (AvgIpc) is 2.49. The van der Waals surface area contributed by atoms with Gasteiger partial charge in [0.2, 0.25) is 5.91 Å². The fraction of sp³-hybridized carbons (Fsp3) is 0.235. The molecular weight excluding hydrogens is 307 g/mol. The van der Waals surface area contributed by atoms with Crippen LogP contribution in [0.25, 0.3) is 0 Å². The van der Waals surface area contributed by atoms with Crippen molar-refractivity contribution in [1.82, 2.24) is 0 Å². The summed E-state index contributed by atoms with van der Waals surface area (Å²) in [5.41, 5.74) is 0.0741. The molecule has 0 heterocycles. The molecular formula is C17H16F3NO2. The third kappa shape index (κ3) is 5.02. The molecule has 1 amide bonds. The third-order valence-electron chi connectivity index (χ3n) is 3.07. The summed E-state index contributed by atoms with van der Waals surface area (Å²) >= 11 is 0. The highest BCUT2D eigenvalue weighted by Gasteiger charge is 2.30. The highest BCUT2D eigenvalue weighted by molar-refractivity contribution is 5.92. The fourth-order valence-corrected chi connectivity index (χ4v) is 2.03. The minimum absolute atomic E-state index is 0.0721. The number of amides is 1. The van der Waals surface area contributed by atoms with Crippen LogP contribution in [0.3, 0.4) is 0 Å². The highest BCUT2D eigenvalue weighted by Crippen LogP contribution is 2.30. The largest absolute Gasteiger partial charge is 0.494 e. The molecule has 23 heavy (non-hydrogen) atoms. The van der Waals surface area contributed by atoms with E-state index < -0.39 is 11.7 Å². The third-order valence-corrected chi connectivity index (χ3v) is 3.07. The standard InChI is InChI=1S/C17H16F3NO2/c1-2-23-15-8-6-12(7-9-15)10-16(22)21-14-5-3-4-13(11-14)17(18,19)20/h3-9,11H,2,10H2,1H3,(H,21,22). The van der Waals surface area contributed by atoms with E-state index in [0.717, 1.165) is 17.7 Å². The summed E-state index contributed by atoms with van der Waals surface area (Å²) in [5.74, 6) is 0.322. The van der Waals surface area contributed by atoms with Crippen LogP contribution in [0.4, 0.5) is 18.9 Å². The molecule has 0 saturated heterocycles. The monoisotopic (exact) mass is 323 g/mol. The van der Waals surface area contributed by atoms with Crippen molar-refractivity contribution in [1.29, 1.82) is 0 Å². The molecule has 0 aliphatic carbocycles. The normalized spacial score (nSPS) is 11.1. The topological polar surface area (TPSA) is 38.3 Å². The number of hydrogen-bond acceptors (Lipinski definition) is 2. The molecule has 6 heteroatoms. The summed E-state index contributed by atoms with van der Waals surface area (Å²) in [6.45, 7) is 2.42. The van der Waals surface area contributed by atoms with Gasteiger partial charge in [-0.15, -0.1) is 0 Å². The van der Waals surface area contributed by atoms with Crippen LogP contribution in [-0.4, -0.2) is 12.5 Å². The van der Waals surface area contributed by atoms with Gasteiger partial charge in [0.15, 0.2) is 0 Å². The Hall–Kier alpha value is -2.50. The zero-order valence-electron chi connectivity index (χ0n) is 12.5. The first-order chi connectivity index (χ1) is 10.9. The average molecular weight is 323 g/mol. The molecule has 0 saturated carbocycles. The van der Waals surface area contributed by atoms with Gasteiger partial charge in [0.25, 0.3) is 0 Å². The van der Waals surface area contributed by atoms with E-state index in [1.807, 2.05) is 6.92 Å². The lowest BCUT2D eigenvalue weighted by molar-refractivity contribution is -0.137. The second-order valence-corrected chi connectivity index (χ2v) is 4.88. The minimum atomic E-state index is -4.43. The van der Waals surface area contributed by atoms with E-state index in [-0.39, 0.29) is 18.0 Å². The summed E-state index contributed by atoms with van der Waals surface area (Å²) in [7, 11) is 0. The van der Waals surface area contributed by atoms with Crippen LogP contribution in [0.1, 0.15) is 18.1 Å². The van der Waals surface area contributed by atoms with E-state index in [1.165, 1.54) is 12.1 Å². The number of nitrogens with one attached hydrogen (secondary N) is 1. The Labute approximate surface area is 132 Å². The Morgan fingerprint density at radius 3 is 2.43 bits per heavy atom. The molecule has 0 aliphatic rings. The van der Waals surface area contributed by atoms with Crippen LogP contribution >= 0.6 is 0 Å². The van der Waals surface area contributed by atoms with Gasteiger partial charge in [-0.3, -0.25) is 4.79 Å². The summed E-state index contributed by atoms with van der Waals surface area (Å²) in [6, 6.07) is 11.5. The van der Waals surface area contributed by atoms with Crippen molar-refractivity contribution in [2.24, 2.45) is 0 Å². The highest BCUT2D eigenvalue weighted by atomic mass is 19.4. The SMILES string of the molecule is CCOc1ccc(CC(=O)Nc2cccc(C(F)(F)F)c2)cc1. The maximum Gasteiger partial charge on any atom is 0.416 e. The van der Waals surface area contributed by atoms with Gasteiger partial charge in [-0.25, -0.2) is 0 Å². The van der Waals surface area contributed by atoms with Crippen LogP contribution in [0.5, 0.6) is 5.75 Å². The van der Waals surface area contributed by atoms with Crippen molar-refractivity contribution in [2.45, 2.75) is 19.5 Å². The molecule has 0 atom stereocenters. The number of carbonyl (C=O) groups excluding carboxylic acids is 1. The molecule has 0 unspecified atom stereocenters. The molecule has 122 valence electrons. The zero-order valence-corrected chi connectivity index (χ0v) is 12.5. The Morgan fingerprint density at radius 2 is 1.83 bits per heavy atom. The molecule has 1 N–H and O–H groups in total. The Bertz CT molecular complexity index is 666. The number of halogens is 3. The van der Waals surface area contributed by atoms with Crippen molar-refractivity contribution in [3.05, 3.63) is 59.7 Å². The van der Waals surface area contributed by atoms with Gasteiger partial charge < -0.3 is 10.1 Å². The molecule has 0 radical (unpaired) electrons. The molecule has 0 bridgehead atoms. The number of anilines is 1. The van der Waals surface area contributed by atoms with Crippen LogP contribution in [0.15, 0.2) is 48.5 Å². The lowest BCUT2D eigenvalue weighted by atomic mass is 10.1. The van der Waals surface area contributed by atoms with Crippen molar-refractivity contribution in [3.8, 4) is 5.75 Å². The zero-order chi connectivity index (χ0) is 16.9. The van der Waals surface area contributed by atoms with Gasteiger partial charge in [0.05, 0.1) is 18.6 Å². The van der Waals surface area contributed by atoms with Crippen molar-refractivity contribution < 1.29 is 22.7 Å². The van der Waals surface area contributed by atoms with E-state index in [4.69, 9.17) is 4.74 Å². The Kier molecular flexibility index (Phi) is 5.26. The lowest BCUT2D eigenvalue weighted by Gasteiger charge is -2.10. The number of ether oxygens (including phenoxy) is 1. The first-order valence-electron chi connectivity index (χ1n) is 7.07. The molecule has 3 nitrogen and oxygen atoms in total. The number of carbonyl (C=O) groups is 1. The second-order valence-electron chi connectivity index (χ2n) is 4.88. The van der Waals surface area contributed by atoms with Gasteiger partial charge in [-0.1, -0.05) is 18.2 Å². The van der Waals surface area contributed by atoms with Crippen LogP contribution < -0.4 is 10.1 Å². The van der Waals surface area contributed by atoms with E-state index >= 15 is 0 Å². The molecule has 2 aromatic carbocycles. The van der Waals surface area contributed by atoms with Crippen molar-refractivity contribution in [3.63, 3.8) is 0 Å². The van der Waals surface area contributed by atoms with Gasteiger partial charge >= 0.3 is 6.18 Å². The fourth-order valence-electron chi connectivity index (χ4n) is 2.03. The maximum atomic E-state index is 12.6. The summed E-state index contributed by atoms with van der Waals surface area (Å²) < 4.78 is 43.2. The first kappa shape index (κ1) is 16.9. The molecule has 0 fully saturated rings. The lowest BCUT2D eigenvalue weighted by Crippen LogP contribution is -2.15. The summed E-state index contributed by atoms with van der Waals surface area (Å²) in [4.78, 5) is 11.9. The number of alkyl halides is 3. The number of benzene rings is 2. The van der Waals surface area contributed by atoms with Gasteiger partial charge in [0.1, 0.15) is 5.75 Å². The Morgan fingerprint density at radius 1 is 1.13 bits per heavy atom. The van der Waals surface area contributed by atoms with Gasteiger partial charge in [0, 0.05) is 5.69 Å². The van der Waals surface area contributed by atoms with Crippen LogP contribution in [0, 0.1) is 0 Å². The maximum absolute atomic E-state index is 12.6. The predicted molar refractivity (Wildman–Crippen MR) is 81.4 cm³/mol. The first-order valence-corrected chi connectivity index (χ1v) is 7.07. The van der Waals surface area contributed by atoms with E-state index in [9.17, 15) is 18.0 Å². The summed E-state index contributed by atoms with van der Waals surface area (Å²) in [5, 5.41) is 2.47. The molecule has 0 spiro atoms. The van der Waals surface area contributed by atoms with Crippen molar-refractivity contribution in [2.75, 3.05) is 11.9 Å². The Balaban J connectivity index is 1.99. The van der Waals surface area contributed by atoms with E-state index in [2.05, 4.69) is 5.32 Å². The minimum Gasteiger partial charge on any atom is -0.494 e. The van der Waals surface area contributed by atoms with Gasteiger partial charge in [-0.05, 0) is 42.8 Å². The molecule has 2 rings (SSSR count). The van der Waals surface area contributed by atoms with Crippen LogP contribution in [-0.2, 0) is 17.4 Å².